The second-order valence-corrected chi connectivity index (χ2v) is 4.83. The minimum atomic E-state index is 0.612. The van der Waals surface area contributed by atoms with Gasteiger partial charge in [0.15, 0.2) is 0 Å². The van der Waals surface area contributed by atoms with E-state index < -0.39 is 0 Å². The Bertz CT molecular complexity index is 435. The Labute approximate surface area is 115 Å². The van der Waals surface area contributed by atoms with E-state index in [4.69, 9.17) is 4.74 Å². The summed E-state index contributed by atoms with van der Waals surface area (Å²) < 4.78 is 6.65. The van der Waals surface area contributed by atoms with Gasteiger partial charge in [0.2, 0.25) is 0 Å². The average molecular weight is 307 g/mol. The second-order valence-electron chi connectivity index (χ2n) is 3.92. The Morgan fingerprint density at radius 3 is 2.61 bits per heavy atom. The third kappa shape index (κ3) is 4.04. The highest BCUT2D eigenvalue weighted by molar-refractivity contribution is 9.10. The zero-order valence-electron chi connectivity index (χ0n) is 10.2. The normalized spacial score (nSPS) is 10.1. The first-order valence-electron chi connectivity index (χ1n) is 5.79. The molecule has 0 atom stereocenters. The van der Waals surface area contributed by atoms with Crippen LogP contribution < -0.4 is 10.1 Å². The highest BCUT2D eigenvalue weighted by Crippen LogP contribution is 2.14. The van der Waals surface area contributed by atoms with E-state index in [0.29, 0.717) is 6.61 Å². The monoisotopic (exact) mass is 306 g/mol. The molecule has 0 aliphatic rings. The molecule has 1 aromatic carbocycles. The molecule has 0 saturated heterocycles. The van der Waals surface area contributed by atoms with Crippen molar-refractivity contribution in [3.63, 3.8) is 0 Å². The minimum absolute atomic E-state index is 0.612. The lowest BCUT2D eigenvalue weighted by molar-refractivity contribution is 0.331. The lowest BCUT2D eigenvalue weighted by atomic mass is 10.3. The summed E-state index contributed by atoms with van der Waals surface area (Å²) in [6, 6.07) is 11.9. The number of aromatic nitrogens is 1. The highest BCUT2D eigenvalue weighted by Gasteiger charge is 1.95. The number of pyridine rings is 1. The van der Waals surface area contributed by atoms with Crippen LogP contribution in [0.15, 0.2) is 47.1 Å². The first-order valence-corrected chi connectivity index (χ1v) is 6.58. The molecule has 94 valence electrons. The summed E-state index contributed by atoms with van der Waals surface area (Å²) in [5, 5.41) is 3.29. The van der Waals surface area contributed by atoms with Crippen LogP contribution in [-0.4, -0.2) is 18.1 Å². The highest BCUT2D eigenvalue weighted by atomic mass is 79.9. The fourth-order valence-electron chi connectivity index (χ4n) is 1.47. The summed E-state index contributed by atoms with van der Waals surface area (Å²) in [5.41, 5.74) is 2.08. The molecule has 4 heteroatoms. The number of nitrogens with zero attached hydrogens (tertiary/aromatic N) is 1. The van der Waals surface area contributed by atoms with E-state index in [0.717, 1.165) is 28.1 Å². The maximum Gasteiger partial charge on any atom is 0.137 e. The van der Waals surface area contributed by atoms with E-state index in [1.165, 1.54) is 0 Å². The van der Waals surface area contributed by atoms with Gasteiger partial charge in [-0.3, -0.25) is 4.98 Å². The van der Waals surface area contributed by atoms with Crippen LogP contribution in [0, 0.1) is 6.92 Å². The number of hydrogen-bond donors (Lipinski definition) is 1. The molecule has 0 unspecified atom stereocenters. The topological polar surface area (TPSA) is 34.1 Å². The smallest absolute Gasteiger partial charge is 0.137 e. The molecular formula is C14H15BrN2O. The zero-order valence-corrected chi connectivity index (χ0v) is 11.8. The molecule has 0 saturated carbocycles. The molecule has 2 rings (SSSR count). The fourth-order valence-corrected chi connectivity index (χ4v) is 1.74. The van der Waals surface area contributed by atoms with Crippen LogP contribution in [0.1, 0.15) is 5.69 Å². The van der Waals surface area contributed by atoms with Crippen LogP contribution in [0.3, 0.4) is 0 Å². The van der Waals surface area contributed by atoms with Crippen molar-refractivity contribution in [2.24, 2.45) is 0 Å². The number of aryl methyl sites for hydroxylation is 1. The van der Waals surface area contributed by atoms with Crippen molar-refractivity contribution in [3.05, 3.63) is 52.8 Å². The van der Waals surface area contributed by atoms with Gasteiger partial charge in [0.1, 0.15) is 12.4 Å². The summed E-state index contributed by atoms with van der Waals surface area (Å²) in [6.45, 7) is 3.33. The van der Waals surface area contributed by atoms with E-state index in [1.54, 1.807) is 6.20 Å². The lowest BCUT2D eigenvalue weighted by Crippen LogP contribution is -2.11. The number of anilines is 1. The Hall–Kier alpha value is -1.55. The maximum atomic E-state index is 5.57. The summed E-state index contributed by atoms with van der Waals surface area (Å²) in [6.07, 6.45) is 1.75. The van der Waals surface area contributed by atoms with Crippen LogP contribution in [-0.2, 0) is 0 Å². The first-order chi connectivity index (χ1) is 8.74. The van der Waals surface area contributed by atoms with Gasteiger partial charge in [0.05, 0.1) is 6.20 Å². The summed E-state index contributed by atoms with van der Waals surface area (Å²) in [7, 11) is 0. The Balaban J connectivity index is 1.73. The van der Waals surface area contributed by atoms with Crippen molar-refractivity contribution in [1.82, 2.24) is 4.98 Å². The number of ether oxygens (including phenoxy) is 1. The molecule has 0 fully saturated rings. The van der Waals surface area contributed by atoms with Crippen LogP contribution in [0.2, 0.25) is 0 Å². The SMILES string of the molecule is Cc1ccc(OCCNc2ccc(Br)cc2)cn1. The van der Waals surface area contributed by atoms with E-state index in [2.05, 4.69) is 26.2 Å². The molecular weight excluding hydrogens is 292 g/mol. The minimum Gasteiger partial charge on any atom is -0.490 e. The largest absolute Gasteiger partial charge is 0.490 e. The number of hydrogen-bond acceptors (Lipinski definition) is 3. The predicted molar refractivity (Wildman–Crippen MR) is 77.1 cm³/mol. The molecule has 0 amide bonds. The van der Waals surface area contributed by atoms with Crippen molar-refractivity contribution in [2.45, 2.75) is 6.92 Å². The molecule has 1 N–H and O–H groups in total. The second kappa shape index (κ2) is 6.40. The van der Waals surface area contributed by atoms with Crippen molar-refractivity contribution in [1.29, 1.82) is 0 Å². The average Bonchev–Trinajstić information content (AvgIpc) is 2.39. The van der Waals surface area contributed by atoms with Gasteiger partial charge in [0, 0.05) is 22.4 Å². The quantitative estimate of drug-likeness (QED) is 0.856. The Morgan fingerprint density at radius 2 is 1.94 bits per heavy atom. The lowest BCUT2D eigenvalue weighted by Gasteiger charge is -2.08. The molecule has 1 aromatic heterocycles. The van der Waals surface area contributed by atoms with Crippen molar-refractivity contribution in [2.75, 3.05) is 18.5 Å². The molecule has 0 spiro atoms. The molecule has 2 aromatic rings. The zero-order chi connectivity index (χ0) is 12.8. The van der Waals surface area contributed by atoms with E-state index >= 15 is 0 Å². The van der Waals surface area contributed by atoms with Crippen molar-refractivity contribution < 1.29 is 4.74 Å². The summed E-state index contributed by atoms with van der Waals surface area (Å²) >= 11 is 3.40. The third-order valence-electron chi connectivity index (χ3n) is 2.43. The van der Waals surface area contributed by atoms with Crippen molar-refractivity contribution in [3.8, 4) is 5.75 Å². The van der Waals surface area contributed by atoms with Gasteiger partial charge < -0.3 is 10.1 Å². The van der Waals surface area contributed by atoms with Crippen LogP contribution in [0.4, 0.5) is 5.69 Å². The van der Waals surface area contributed by atoms with Gasteiger partial charge >= 0.3 is 0 Å². The number of halogens is 1. The maximum absolute atomic E-state index is 5.57. The van der Waals surface area contributed by atoms with Gasteiger partial charge in [0.25, 0.3) is 0 Å². The molecule has 0 aliphatic carbocycles. The number of nitrogens with one attached hydrogen (secondary N) is 1. The summed E-state index contributed by atoms with van der Waals surface area (Å²) in [5.74, 6) is 0.804. The first kappa shape index (κ1) is 12.9. The number of rotatable bonds is 5. The van der Waals surface area contributed by atoms with E-state index in [9.17, 15) is 0 Å². The van der Waals surface area contributed by atoms with E-state index in [-0.39, 0.29) is 0 Å². The van der Waals surface area contributed by atoms with Crippen molar-refractivity contribution >= 4 is 21.6 Å². The predicted octanol–water partition coefficient (Wildman–Crippen LogP) is 3.64. The Morgan fingerprint density at radius 1 is 1.17 bits per heavy atom. The molecule has 1 heterocycles. The van der Waals surface area contributed by atoms with Crippen LogP contribution >= 0.6 is 15.9 Å². The molecule has 0 radical (unpaired) electrons. The fraction of sp³-hybridized carbons (Fsp3) is 0.214. The molecule has 18 heavy (non-hydrogen) atoms. The van der Waals surface area contributed by atoms with Gasteiger partial charge in [-0.25, -0.2) is 0 Å². The van der Waals surface area contributed by atoms with Gasteiger partial charge in [-0.2, -0.15) is 0 Å². The molecule has 3 nitrogen and oxygen atoms in total. The standard InChI is InChI=1S/C14H15BrN2O/c1-11-2-7-14(10-17-11)18-9-8-16-13-5-3-12(15)4-6-13/h2-7,10,16H,8-9H2,1H3. The third-order valence-corrected chi connectivity index (χ3v) is 2.96. The van der Waals surface area contributed by atoms with E-state index in [1.807, 2.05) is 43.3 Å². The summed E-state index contributed by atoms with van der Waals surface area (Å²) in [4.78, 5) is 4.18. The number of benzene rings is 1. The molecule has 0 bridgehead atoms. The van der Waals surface area contributed by atoms with Gasteiger partial charge in [-0.05, 0) is 43.3 Å². The van der Waals surface area contributed by atoms with Crippen LogP contribution in [0.25, 0.3) is 0 Å². The van der Waals surface area contributed by atoms with Gasteiger partial charge in [-0.1, -0.05) is 15.9 Å². The van der Waals surface area contributed by atoms with Crippen LogP contribution in [0.5, 0.6) is 5.75 Å². The van der Waals surface area contributed by atoms with Gasteiger partial charge in [-0.15, -0.1) is 0 Å². The Kier molecular flexibility index (Phi) is 4.59. The molecule has 0 aliphatic heterocycles.